The third-order valence-electron chi connectivity index (χ3n) is 5.42. The van der Waals surface area contributed by atoms with Gasteiger partial charge in [-0.15, -0.1) is 0 Å². The number of imidazole rings is 1. The van der Waals surface area contributed by atoms with Crippen LogP contribution in [-0.4, -0.2) is 54.8 Å². The first-order valence-electron chi connectivity index (χ1n) is 10.8. The van der Waals surface area contributed by atoms with Gasteiger partial charge in [0.1, 0.15) is 0 Å². The summed E-state index contributed by atoms with van der Waals surface area (Å²) in [5.41, 5.74) is 0.437. The maximum Gasteiger partial charge on any atom is 0.325 e. The number of thiazole rings is 1. The zero-order chi connectivity index (χ0) is 25.9. The second-order valence-electron chi connectivity index (χ2n) is 8.09. The molecule has 3 aromatic heterocycles. The van der Waals surface area contributed by atoms with Gasteiger partial charge in [0.05, 0.1) is 30.4 Å². The quantitative estimate of drug-likeness (QED) is 0.287. The molecule has 36 heavy (non-hydrogen) atoms. The first-order chi connectivity index (χ1) is 17.0. The number of amides is 2. The molecule has 16 heteroatoms. The lowest BCUT2D eigenvalue weighted by Crippen LogP contribution is -2.23. The molecule has 1 aliphatic rings. The Labute approximate surface area is 211 Å². The van der Waals surface area contributed by atoms with E-state index in [9.17, 15) is 26.4 Å². The first kappa shape index (κ1) is 25.9. The Morgan fingerprint density at radius 1 is 1.14 bits per heavy atom. The van der Waals surface area contributed by atoms with Crippen molar-refractivity contribution in [3.63, 3.8) is 0 Å². The number of hydrogen-bond acceptors (Lipinski definition) is 10. The molecule has 2 amide bonds. The van der Waals surface area contributed by atoms with E-state index in [0.29, 0.717) is 16.9 Å². The van der Waals surface area contributed by atoms with Crippen molar-refractivity contribution < 1.29 is 26.4 Å². The number of nitrogens with one attached hydrogen (secondary N) is 4. The number of aromatic amines is 1. The van der Waals surface area contributed by atoms with Crippen LogP contribution < -0.4 is 15.4 Å². The minimum atomic E-state index is -4.17. The van der Waals surface area contributed by atoms with Crippen LogP contribution in [0.1, 0.15) is 41.7 Å². The number of carbonyl (C=O) groups is 2. The molecule has 4 rings (SSSR count). The van der Waals surface area contributed by atoms with Gasteiger partial charge in [-0.25, -0.2) is 36.3 Å². The number of carbonyl (C=O) groups excluding carboxylic acids is 2. The first-order valence-corrected chi connectivity index (χ1v) is 15.0. The van der Waals surface area contributed by atoms with Crippen molar-refractivity contribution >= 4 is 53.8 Å². The minimum absolute atomic E-state index is 0.0691. The fourth-order valence-corrected chi connectivity index (χ4v) is 6.81. The number of aromatic nitrogens is 4. The van der Waals surface area contributed by atoms with Crippen LogP contribution in [0.3, 0.4) is 0 Å². The van der Waals surface area contributed by atoms with Crippen molar-refractivity contribution in [2.24, 2.45) is 5.92 Å². The van der Waals surface area contributed by atoms with Crippen LogP contribution in [-0.2, 0) is 26.4 Å². The summed E-state index contributed by atoms with van der Waals surface area (Å²) in [4.78, 5) is 40.0. The lowest BCUT2D eigenvalue weighted by atomic mass is 9.96. The molecule has 1 saturated carbocycles. The van der Waals surface area contributed by atoms with Crippen LogP contribution >= 0.6 is 11.3 Å². The highest BCUT2D eigenvalue weighted by Gasteiger charge is 2.30. The molecule has 0 bridgehead atoms. The third kappa shape index (κ3) is 5.95. The van der Waals surface area contributed by atoms with Crippen molar-refractivity contribution in [1.29, 1.82) is 0 Å². The van der Waals surface area contributed by atoms with Gasteiger partial charge < -0.3 is 10.3 Å². The zero-order valence-corrected chi connectivity index (χ0v) is 21.5. The molecule has 13 nitrogen and oxygen atoms in total. The van der Waals surface area contributed by atoms with E-state index in [1.54, 1.807) is 6.07 Å². The minimum Gasteiger partial charge on any atom is -0.335 e. The number of Topliss-reactive ketones (excluding diaryl/α,β-unsaturated/α-hetero) is 1. The smallest absolute Gasteiger partial charge is 0.325 e. The molecule has 0 saturated heterocycles. The highest BCUT2D eigenvalue weighted by atomic mass is 32.2. The summed E-state index contributed by atoms with van der Waals surface area (Å²) in [6.45, 7) is -0.420. The van der Waals surface area contributed by atoms with Crippen LogP contribution in [0.15, 0.2) is 40.2 Å². The number of sulfonamides is 1. The van der Waals surface area contributed by atoms with Crippen LogP contribution in [0.5, 0.6) is 0 Å². The highest BCUT2D eigenvalue weighted by Crippen LogP contribution is 2.32. The molecule has 1 fully saturated rings. The van der Waals surface area contributed by atoms with Crippen molar-refractivity contribution in [3.05, 3.63) is 42.1 Å². The van der Waals surface area contributed by atoms with E-state index in [2.05, 4.69) is 35.3 Å². The molecule has 3 heterocycles. The van der Waals surface area contributed by atoms with Crippen LogP contribution in [0.25, 0.3) is 0 Å². The summed E-state index contributed by atoms with van der Waals surface area (Å²) in [5.74, 6) is -0.172. The van der Waals surface area contributed by atoms with Gasteiger partial charge in [-0.1, -0.05) is 24.2 Å². The molecule has 0 aliphatic heterocycles. The molecule has 3 aromatic rings. The number of hydrogen-bond donors (Lipinski definition) is 4. The summed E-state index contributed by atoms with van der Waals surface area (Å²) in [5, 5.41) is 4.56. The standard InChI is InChI=1S/C20H23N7O6S3/c1-35(30,31)24-11-15-17(36(32,33)20-22-8-9-23-20)34-19(26-15)27-18(29)25-14-10-21-7-6-13(14)16(28)12-4-2-3-5-12/h6-10,12,24H,2-5,11H2,1H3,(H,22,23)(H2,25,26,27,29). The lowest BCUT2D eigenvalue weighted by molar-refractivity contribution is 0.0923. The molecule has 4 N–H and O–H groups in total. The van der Waals surface area contributed by atoms with Gasteiger partial charge in [0.25, 0.3) is 9.84 Å². The second-order valence-corrected chi connectivity index (χ2v) is 13.0. The van der Waals surface area contributed by atoms with Gasteiger partial charge in [-0.3, -0.25) is 15.1 Å². The normalized spacial score (nSPS) is 14.6. The molecule has 1 aliphatic carbocycles. The van der Waals surface area contributed by atoms with Crippen LogP contribution in [0.4, 0.5) is 15.6 Å². The number of pyridine rings is 1. The van der Waals surface area contributed by atoms with Gasteiger partial charge in [0, 0.05) is 30.1 Å². The lowest BCUT2D eigenvalue weighted by Gasteiger charge is -2.13. The fraction of sp³-hybridized carbons (Fsp3) is 0.350. The second kappa shape index (κ2) is 10.4. The number of nitrogens with zero attached hydrogens (tertiary/aromatic N) is 3. The van der Waals surface area contributed by atoms with Gasteiger partial charge in [0.15, 0.2) is 15.1 Å². The average Bonchev–Trinajstić information content (AvgIpc) is 3.59. The van der Waals surface area contributed by atoms with Gasteiger partial charge in [-0.2, -0.15) is 0 Å². The number of sulfone groups is 1. The summed E-state index contributed by atoms with van der Waals surface area (Å²) in [6, 6.07) is 0.768. The zero-order valence-electron chi connectivity index (χ0n) is 19.0. The van der Waals surface area contributed by atoms with Gasteiger partial charge in [-0.05, 0) is 18.9 Å². The summed E-state index contributed by atoms with van der Waals surface area (Å²) in [6.07, 6.45) is 9.89. The van der Waals surface area contributed by atoms with Crippen molar-refractivity contribution in [3.8, 4) is 0 Å². The Morgan fingerprint density at radius 3 is 2.56 bits per heavy atom. The number of anilines is 2. The Hall–Kier alpha value is -3.21. The summed E-state index contributed by atoms with van der Waals surface area (Å²) >= 11 is 0.637. The van der Waals surface area contributed by atoms with E-state index in [4.69, 9.17) is 0 Å². The van der Waals surface area contributed by atoms with Crippen molar-refractivity contribution in [1.82, 2.24) is 24.7 Å². The van der Waals surface area contributed by atoms with E-state index in [1.807, 2.05) is 0 Å². The predicted molar refractivity (Wildman–Crippen MR) is 131 cm³/mol. The Morgan fingerprint density at radius 2 is 1.89 bits per heavy atom. The number of ketones is 1. The SMILES string of the molecule is CS(=O)(=O)NCc1nc(NC(=O)Nc2cnccc2C(=O)C2CCCC2)sc1S(=O)(=O)c1ncc[nH]1. The molecular formula is C20H23N7O6S3. The van der Waals surface area contributed by atoms with E-state index in [0.717, 1.165) is 31.9 Å². The van der Waals surface area contributed by atoms with E-state index < -0.39 is 32.4 Å². The maximum absolute atomic E-state index is 13.0. The Bertz CT molecular complexity index is 1480. The van der Waals surface area contributed by atoms with Crippen LogP contribution in [0.2, 0.25) is 0 Å². The van der Waals surface area contributed by atoms with Gasteiger partial charge in [0.2, 0.25) is 15.2 Å². The largest absolute Gasteiger partial charge is 0.335 e. The monoisotopic (exact) mass is 553 g/mol. The van der Waals surface area contributed by atoms with Crippen molar-refractivity contribution in [2.45, 2.75) is 41.6 Å². The Kier molecular flexibility index (Phi) is 7.49. The Balaban J connectivity index is 1.57. The third-order valence-corrected chi connectivity index (χ3v) is 9.26. The number of rotatable bonds is 9. The highest BCUT2D eigenvalue weighted by molar-refractivity contribution is 7.93. The van der Waals surface area contributed by atoms with Gasteiger partial charge >= 0.3 is 6.03 Å². The summed E-state index contributed by atoms with van der Waals surface area (Å²) < 4.78 is 51.0. The molecule has 0 radical (unpaired) electrons. The number of H-pyrrole nitrogens is 1. The molecule has 0 atom stereocenters. The molecule has 192 valence electrons. The molecule has 0 aromatic carbocycles. The average molecular weight is 554 g/mol. The summed E-state index contributed by atoms with van der Waals surface area (Å²) in [7, 11) is -7.82. The molecular weight excluding hydrogens is 530 g/mol. The van der Waals surface area contributed by atoms with Crippen molar-refractivity contribution in [2.75, 3.05) is 16.9 Å². The number of urea groups is 1. The van der Waals surface area contributed by atoms with Crippen LogP contribution in [0, 0.1) is 5.92 Å². The topological polar surface area (TPSA) is 193 Å². The molecule has 0 spiro atoms. The van der Waals surface area contributed by atoms with E-state index in [-0.39, 0.29) is 37.6 Å². The predicted octanol–water partition coefficient (Wildman–Crippen LogP) is 2.16. The molecule has 0 unspecified atom stereocenters. The van der Waals surface area contributed by atoms with E-state index in [1.165, 1.54) is 24.8 Å². The maximum atomic E-state index is 13.0. The fourth-order valence-electron chi connectivity index (χ4n) is 3.77. The van der Waals surface area contributed by atoms with E-state index >= 15 is 0 Å².